The molecule has 88 valence electrons. The lowest BCUT2D eigenvalue weighted by Crippen LogP contribution is -2.31. The van der Waals surface area contributed by atoms with Crippen LogP contribution in [0.25, 0.3) is 0 Å². The van der Waals surface area contributed by atoms with Crippen LogP contribution in [0.15, 0.2) is 24.3 Å². The number of likely N-dealkylation sites (N-methyl/N-ethyl adjacent to an activating group) is 1. The number of hydrogen-bond acceptors (Lipinski definition) is 3. The zero-order valence-electron chi connectivity index (χ0n) is 9.75. The van der Waals surface area contributed by atoms with Crippen molar-refractivity contribution in [3.05, 3.63) is 29.8 Å². The minimum Gasteiger partial charge on any atom is -0.496 e. The van der Waals surface area contributed by atoms with Crippen LogP contribution < -0.4 is 15.4 Å². The Balaban J connectivity index is 2.49. The molecular weight excluding hydrogens is 204 g/mol. The van der Waals surface area contributed by atoms with Gasteiger partial charge in [0.05, 0.1) is 13.5 Å². The van der Waals surface area contributed by atoms with Crippen molar-refractivity contribution < 1.29 is 9.53 Å². The van der Waals surface area contributed by atoms with Gasteiger partial charge in [-0.2, -0.15) is 0 Å². The summed E-state index contributed by atoms with van der Waals surface area (Å²) in [5.41, 5.74) is 0.909. The van der Waals surface area contributed by atoms with E-state index in [2.05, 4.69) is 10.6 Å². The second kappa shape index (κ2) is 6.85. The summed E-state index contributed by atoms with van der Waals surface area (Å²) in [6, 6.07) is 7.55. The number of ether oxygens (including phenoxy) is 1. The number of carbonyl (C=O) groups excluding carboxylic acids is 1. The van der Waals surface area contributed by atoms with Gasteiger partial charge in [0.25, 0.3) is 0 Å². The van der Waals surface area contributed by atoms with E-state index in [4.69, 9.17) is 4.74 Å². The molecule has 0 unspecified atom stereocenters. The lowest BCUT2D eigenvalue weighted by atomic mass is 10.1. The van der Waals surface area contributed by atoms with Gasteiger partial charge in [0.2, 0.25) is 5.91 Å². The number of hydrogen-bond donors (Lipinski definition) is 2. The number of benzene rings is 1. The summed E-state index contributed by atoms with van der Waals surface area (Å²) < 4.78 is 5.18. The molecule has 0 spiro atoms. The maximum atomic E-state index is 11.6. The van der Waals surface area contributed by atoms with Crippen molar-refractivity contribution in [2.75, 3.05) is 27.2 Å². The first kappa shape index (κ1) is 12.5. The Kier molecular flexibility index (Phi) is 5.36. The van der Waals surface area contributed by atoms with E-state index in [1.54, 1.807) is 7.11 Å². The van der Waals surface area contributed by atoms with E-state index in [-0.39, 0.29) is 5.91 Å². The third kappa shape index (κ3) is 3.90. The molecule has 4 nitrogen and oxygen atoms in total. The van der Waals surface area contributed by atoms with Gasteiger partial charge < -0.3 is 15.4 Å². The third-order valence-corrected chi connectivity index (χ3v) is 2.24. The molecule has 1 amide bonds. The highest BCUT2D eigenvalue weighted by Gasteiger charge is 2.06. The van der Waals surface area contributed by atoms with Gasteiger partial charge in [0, 0.05) is 18.7 Å². The highest BCUT2D eigenvalue weighted by Crippen LogP contribution is 2.17. The maximum Gasteiger partial charge on any atom is 0.224 e. The summed E-state index contributed by atoms with van der Waals surface area (Å²) in [6.45, 7) is 1.42. The molecule has 0 aliphatic rings. The molecule has 1 aromatic carbocycles. The van der Waals surface area contributed by atoms with Crippen LogP contribution in [0, 0.1) is 0 Å². The van der Waals surface area contributed by atoms with Gasteiger partial charge in [-0.3, -0.25) is 4.79 Å². The van der Waals surface area contributed by atoms with E-state index < -0.39 is 0 Å². The predicted octanol–water partition coefficient (Wildman–Crippen LogP) is 0.573. The molecule has 0 aliphatic carbocycles. The molecule has 0 saturated carbocycles. The van der Waals surface area contributed by atoms with E-state index >= 15 is 0 Å². The number of nitrogens with one attached hydrogen (secondary N) is 2. The second-order valence-electron chi connectivity index (χ2n) is 3.44. The van der Waals surface area contributed by atoms with Gasteiger partial charge in [-0.1, -0.05) is 18.2 Å². The number of carbonyl (C=O) groups is 1. The fourth-order valence-corrected chi connectivity index (χ4v) is 1.41. The Morgan fingerprint density at radius 1 is 1.31 bits per heavy atom. The number of para-hydroxylation sites is 1. The highest BCUT2D eigenvalue weighted by atomic mass is 16.5. The zero-order chi connectivity index (χ0) is 11.8. The minimum absolute atomic E-state index is 0.0137. The van der Waals surface area contributed by atoms with Crippen molar-refractivity contribution in [3.63, 3.8) is 0 Å². The molecule has 0 aromatic heterocycles. The first-order valence-corrected chi connectivity index (χ1v) is 5.31. The lowest BCUT2D eigenvalue weighted by molar-refractivity contribution is -0.120. The molecule has 4 heteroatoms. The van der Waals surface area contributed by atoms with Crippen LogP contribution in [0.2, 0.25) is 0 Å². The van der Waals surface area contributed by atoms with Gasteiger partial charge in [-0.15, -0.1) is 0 Å². The molecule has 0 atom stereocenters. The smallest absolute Gasteiger partial charge is 0.224 e. The van der Waals surface area contributed by atoms with E-state index in [0.29, 0.717) is 13.0 Å². The largest absolute Gasteiger partial charge is 0.496 e. The first-order chi connectivity index (χ1) is 7.77. The maximum absolute atomic E-state index is 11.6. The fourth-order valence-electron chi connectivity index (χ4n) is 1.41. The predicted molar refractivity (Wildman–Crippen MR) is 63.6 cm³/mol. The quantitative estimate of drug-likeness (QED) is 0.692. The Morgan fingerprint density at radius 3 is 2.75 bits per heavy atom. The molecule has 0 radical (unpaired) electrons. The van der Waals surface area contributed by atoms with Crippen LogP contribution in [0.4, 0.5) is 0 Å². The fraction of sp³-hybridized carbons (Fsp3) is 0.417. The Morgan fingerprint density at radius 2 is 2.06 bits per heavy atom. The van der Waals surface area contributed by atoms with Crippen molar-refractivity contribution in [1.29, 1.82) is 0 Å². The molecular formula is C12H18N2O2. The van der Waals surface area contributed by atoms with Crippen molar-refractivity contribution in [1.82, 2.24) is 10.6 Å². The van der Waals surface area contributed by atoms with Gasteiger partial charge in [-0.05, 0) is 13.1 Å². The third-order valence-electron chi connectivity index (χ3n) is 2.24. The highest BCUT2D eigenvalue weighted by molar-refractivity contribution is 5.79. The summed E-state index contributed by atoms with van der Waals surface area (Å²) in [4.78, 5) is 11.6. The molecule has 1 rings (SSSR count). The topological polar surface area (TPSA) is 50.4 Å². The van der Waals surface area contributed by atoms with Gasteiger partial charge in [0.1, 0.15) is 5.75 Å². The summed E-state index contributed by atoms with van der Waals surface area (Å²) in [5, 5.41) is 5.80. The van der Waals surface area contributed by atoms with E-state index in [9.17, 15) is 4.79 Å². The van der Waals surface area contributed by atoms with Gasteiger partial charge in [-0.25, -0.2) is 0 Å². The van der Waals surface area contributed by atoms with Crippen molar-refractivity contribution in [2.45, 2.75) is 6.42 Å². The van der Waals surface area contributed by atoms with Crippen molar-refractivity contribution in [2.24, 2.45) is 0 Å². The van der Waals surface area contributed by atoms with Gasteiger partial charge in [0.15, 0.2) is 0 Å². The van der Waals surface area contributed by atoms with Crippen molar-refractivity contribution in [3.8, 4) is 5.75 Å². The van der Waals surface area contributed by atoms with E-state index in [1.807, 2.05) is 31.3 Å². The Hall–Kier alpha value is -1.55. The van der Waals surface area contributed by atoms with Crippen LogP contribution in [0.3, 0.4) is 0 Å². The average molecular weight is 222 g/mol. The van der Waals surface area contributed by atoms with E-state index in [1.165, 1.54) is 0 Å². The number of rotatable bonds is 6. The van der Waals surface area contributed by atoms with E-state index in [0.717, 1.165) is 17.9 Å². The lowest BCUT2D eigenvalue weighted by Gasteiger charge is -2.08. The zero-order valence-corrected chi connectivity index (χ0v) is 9.75. The minimum atomic E-state index is 0.0137. The van der Waals surface area contributed by atoms with Crippen LogP contribution in [0.1, 0.15) is 5.56 Å². The first-order valence-electron chi connectivity index (χ1n) is 5.31. The molecule has 0 fully saturated rings. The SMILES string of the molecule is CNCCNC(=O)Cc1ccccc1OC. The van der Waals surface area contributed by atoms with Crippen LogP contribution in [0.5, 0.6) is 5.75 Å². The standard InChI is InChI=1S/C12H18N2O2/c1-13-7-8-14-12(15)9-10-5-3-4-6-11(10)16-2/h3-6,13H,7-9H2,1-2H3,(H,14,15). The molecule has 0 bridgehead atoms. The van der Waals surface area contributed by atoms with Crippen LogP contribution in [-0.4, -0.2) is 33.2 Å². The summed E-state index contributed by atoms with van der Waals surface area (Å²) in [6.07, 6.45) is 0.355. The van der Waals surface area contributed by atoms with Crippen molar-refractivity contribution >= 4 is 5.91 Å². The second-order valence-corrected chi connectivity index (χ2v) is 3.44. The molecule has 0 heterocycles. The van der Waals surface area contributed by atoms with Gasteiger partial charge >= 0.3 is 0 Å². The van der Waals surface area contributed by atoms with Crippen LogP contribution >= 0.6 is 0 Å². The molecule has 2 N–H and O–H groups in total. The van der Waals surface area contributed by atoms with Crippen LogP contribution in [-0.2, 0) is 11.2 Å². The Labute approximate surface area is 96.0 Å². The monoisotopic (exact) mass is 222 g/mol. The summed E-state index contributed by atoms with van der Waals surface area (Å²) >= 11 is 0. The average Bonchev–Trinajstić information content (AvgIpc) is 2.30. The molecule has 0 aliphatic heterocycles. The normalized spacial score (nSPS) is 9.88. The molecule has 1 aromatic rings. The summed E-state index contributed by atoms with van der Waals surface area (Å²) in [5.74, 6) is 0.769. The summed E-state index contributed by atoms with van der Waals surface area (Å²) in [7, 11) is 3.46. The molecule has 16 heavy (non-hydrogen) atoms. The molecule has 0 saturated heterocycles. The number of amides is 1. The Bertz CT molecular complexity index is 340. The number of methoxy groups -OCH3 is 1.